The van der Waals surface area contributed by atoms with Crippen molar-refractivity contribution in [2.24, 2.45) is 0 Å². The highest BCUT2D eigenvalue weighted by molar-refractivity contribution is 5.98. The normalized spacial score (nSPS) is 14.9. The average molecular weight is 401 g/mol. The fraction of sp³-hybridized carbons (Fsp3) is 0.261. The minimum Gasteiger partial charge on any atom is -0.497 e. The highest BCUT2D eigenvalue weighted by Crippen LogP contribution is 2.34. The number of ether oxygens (including phenoxy) is 1. The number of rotatable bonds is 5. The van der Waals surface area contributed by atoms with Crippen LogP contribution in [-0.2, 0) is 6.54 Å². The summed E-state index contributed by atoms with van der Waals surface area (Å²) in [5.74, 6) is 1.65. The zero-order chi connectivity index (χ0) is 20.3. The molecule has 30 heavy (non-hydrogen) atoms. The molecule has 2 aromatic carbocycles. The molecule has 0 bridgehead atoms. The van der Waals surface area contributed by atoms with E-state index in [4.69, 9.17) is 9.26 Å². The van der Waals surface area contributed by atoms with Gasteiger partial charge in [0.15, 0.2) is 0 Å². The maximum Gasteiger partial charge on any atom is 0.263 e. The number of methoxy groups -OCH3 is 1. The van der Waals surface area contributed by atoms with E-state index in [2.05, 4.69) is 55.3 Å². The number of anilines is 1. The van der Waals surface area contributed by atoms with Crippen molar-refractivity contribution in [2.75, 3.05) is 38.2 Å². The van der Waals surface area contributed by atoms with E-state index < -0.39 is 0 Å². The zero-order valence-corrected chi connectivity index (χ0v) is 16.9. The van der Waals surface area contributed by atoms with Crippen molar-refractivity contribution in [1.29, 1.82) is 0 Å². The van der Waals surface area contributed by atoms with E-state index in [0.717, 1.165) is 60.9 Å². The van der Waals surface area contributed by atoms with E-state index in [1.54, 1.807) is 13.4 Å². The first-order valence-corrected chi connectivity index (χ1v) is 10.1. The minimum atomic E-state index is 0.504. The predicted molar refractivity (Wildman–Crippen MR) is 116 cm³/mol. The Bertz CT molecular complexity index is 1140. The average Bonchev–Trinajstić information content (AvgIpc) is 3.25. The van der Waals surface area contributed by atoms with E-state index in [0.29, 0.717) is 5.71 Å². The van der Waals surface area contributed by atoms with Crippen LogP contribution in [0.4, 0.5) is 5.82 Å². The van der Waals surface area contributed by atoms with E-state index >= 15 is 0 Å². The van der Waals surface area contributed by atoms with Crippen LogP contribution in [0.1, 0.15) is 5.56 Å². The molecule has 0 aliphatic carbocycles. The molecule has 0 saturated carbocycles. The maximum absolute atomic E-state index is 5.53. The van der Waals surface area contributed by atoms with E-state index in [-0.39, 0.29) is 0 Å². The first-order valence-electron chi connectivity index (χ1n) is 10.1. The van der Waals surface area contributed by atoms with Gasteiger partial charge in [0.1, 0.15) is 29.0 Å². The van der Waals surface area contributed by atoms with E-state index in [9.17, 15) is 0 Å². The fourth-order valence-electron chi connectivity index (χ4n) is 3.94. The Morgan fingerprint density at radius 3 is 2.60 bits per heavy atom. The van der Waals surface area contributed by atoms with Gasteiger partial charge in [0.25, 0.3) is 5.71 Å². The quantitative estimate of drug-likeness (QED) is 0.506. The lowest BCUT2D eigenvalue weighted by atomic mass is 10.1. The topological polar surface area (TPSA) is 67.5 Å². The van der Waals surface area contributed by atoms with Crippen LogP contribution in [0.3, 0.4) is 0 Å². The van der Waals surface area contributed by atoms with Crippen LogP contribution in [0.15, 0.2) is 65.4 Å². The van der Waals surface area contributed by atoms with Gasteiger partial charge in [-0.25, -0.2) is 4.98 Å². The molecule has 3 heterocycles. The first-order chi connectivity index (χ1) is 14.8. The largest absolute Gasteiger partial charge is 0.497 e. The highest BCUT2D eigenvalue weighted by atomic mass is 16.5. The van der Waals surface area contributed by atoms with Crippen molar-refractivity contribution >= 4 is 16.9 Å². The summed E-state index contributed by atoms with van der Waals surface area (Å²) in [6, 6.07) is 18.4. The Kier molecular flexibility index (Phi) is 5.03. The van der Waals surface area contributed by atoms with Crippen LogP contribution in [-0.4, -0.2) is 53.3 Å². The summed E-state index contributed by atoms with van der Waals surface area (Å²) >= 11 is 0. The Morgan fingerprint density at radius 2 is 1.80 bits per heavy atom. The number of fused-ring (bicyclic) bond motifs is 1. The SMILES string of the molecule is COc1cccc(-c2noc3ncnc(N4CCN(Cc5ccccc5)CC4)c23)c1. The monoisotopic (exact) mass is 401 g/mol. The number of hydrogen-bond acceptors (Lipinski definition) is 7. The van der Waals surface area contributed by atoms with Gasteiger partial charge in [-0.15, -0.1) is 0 Å². The summed E-state index contributed by atoms with van der Waals surface area (Å²) in [4.78, 5) is 13.7. The van der Waals surface area contributed by atoms with Gasteiger partial charge < -0.3 is 14.2 Å². The molecule has 0 radical (unpaired) electrons. The summed E-state index contributed by atoms with van der Waals surface area (Å²) in [7, 11) is 1.66. The minimum absolute atomic E-state index is 0.504. The van der Waals surface area contributed by atoms with Crippen LogP contribution in [0, 0.1) is 0 Å². The Labute approximate surface area is 174 Å². The second-order valence-electron chi connectivity index (χ2n) is 7.39. The van der Waals surface area contributed by atoms with Gasteiger partial charge in [-0.1, -0.05) is 47.6 Å². The summed E-state index contributed by atoms with van der Waals surface area (Å²) < 4.78 is 10.9. The lowest BCUT2D eigenvalue weighted by molar-refractivity contribution is 0.249. The molecule has 0 unspecified atom stereocenters. The van der Waals surface area contributed by atoms with Crippen LogP contribution in [0.2, 0.25) is 0 Å². The van der Waals surface area contributed by atoms with Crippen molar-refractivity contribution in [3.63, 3.8) is 0 Å². The molecular formula is C23H23N5O2. The zero-order valence-electron chi connectivity index (χ0n) is 16.9. The van der Waals surface area contributed by atoms with Gasteiger partial charge in [-0.3, -0.25) is 4.90 Å². The van der Waals surface area contributed by atoms with Gasteiger partial charge in [0.05, 0.1) is 7.11 Å². The molecular weight excluding hydrogens is 378 g/mol. The molecule has 1 saturated heterocycles. The van der Waals surface area contributed by atoms with Gasteiger partial charge in [-0.2, -0.15) is 4.98 Å². The van der Waals surface area contributed by atoms with Crippen LogP contribution in [0.5, 0.6) is 5.75 Å². The lowest BCUT2D eigenvalue weighted by Crippen LogP contribution is -2.46. The van der Waals surface area contributed by atoms with Crippen LogP contribution < -0.4 is 9.64 Å². The summed E-state index contributed by atoms with van der Waals surface area (Å²) in [5.41, 5.74) is 3.51. The molecule has 152 valence electrons. The highest BCUT2D eigenvalue weighted by Gasteiger charge is 2.24. The molecule has 0 N–H and O–H groups in total. The molecule has 1 fully saturated rings. The van der Waals surface area contributed by atoms with Crippen LogP contribution >= 0.6 is 0 Å². The number of aromatic nitrogens is 3. The Hall–Kier alpha value is -3.45. The third-order valence-corrected chi connectivity index (χ3v) is 5.52. The predicted octanol–water partition coefficient (Wildman–Crippen LogP) is 3.62. The summed E-state index contributed by atoms with van der Waals surface area (Å²) in [6.07, 6.45) is 1.55. The molecule has 1 aliphatic rings. The van der Waals surface area contributed by atoms with Gasteiger partial charge in [0, 0.05) is 38.3 Å². The van der Waals surface area contributed by atoms with Gasteiger partial charge in [0.2, 0.25) is 0 Å². The second-order valence-corrected chi connectivity index (χ2v) is 7.39. The van der Waals surface area contributed by atoms with E-state index in [1.807, 2.05) is 24.3 Å². The number of hydrogen-bond donors (Lipinski definition) is 0. The molecule has 7 heteroatoms. The van der Waals surface area contributed by atoms with Crippen molar-refractivity contribution in [3.8, 4) is 17.0 Å². The summed E-state index contributed by atoms with van der Waals surface area (Å²) in [5, 5.41) is 5.15. The van der Waals surface area contributed by atoms with Crippen molar-refractivity contribution in [3.05, 3.63) is 66.5 Å². The molecule has 2 aromatic heterocycles. The van der Waals surface area contributed by atoms with Crippen molar-refractivity contribution in [2.45, 2.75) is 6.54 Å². The standard InChI is InChI=1S/C23H23N5O2/c1-29-19-9-5-8-18(14-19)21-20-22(24-16-25-23(20)30-26-21)28-12-10-27(11-13-28)15-17-6-3-2-4-7-17/h2-9,14,16H,10-13,15H2,1H3. The third-order valence-electron chi connectivity index (χ3n) is 5.52. The van der Waals surface area contributed by atoms with Crippen molar-refractivity contribution in [1.82, 2.24) is 20.0 Å². The molecule has 1 aliphatic heterocycles. The van der Waals surface area contributed by atoms with E-state index in [1.165, 1.54) is 5.56 Å². The molecule has 7 nitrogen and oxygen atoms in total. The third kappa shape index (κ3) is 3.59. The van der Waals surface area contributed by atoms with Crippen molar-refractivity contribution < 1.29 is 9.26 Å². The molecule has 5 rings (SSSR count). The maximum atomic E-state index is 5.53. The molecule has 0 amide bonds. The molecule has 4 aromatic rings. The number of benzene rings is 2. The molecule has 0 atom stereocenters. The lowest BCUT2D eigenvalue weighted by Gasteiger charge is -2.35. The summed E-state index contributed by atoms with van der Waals surface area (Å²) in [6.45, 7) is 4.69. The second kappa shape index (κ2) is 8.12. The smallest absolute Gasteiger partial charge is 0.263 e. The van der Waals surface area contributed by atoms with Crippen LogP contribution in [0.25, 0.3) is 22.4 Å². The van der Waals surface area contributed by atoms with Gasteiger partial charge >= 0.3 is 0 Å². The number of nitrogens with zero attached hydrogens (tertiary/aromatic N) is 5. The Morgan fingerprint density at radius 1 is 0.967 bits per heavy atom. The van der Waals surface area contributed by atoms with Gasteiger partial charge in [-0.05, 0) is 17.7 Å². The Balaban J connectivity index is 1.40. The number of piperazine rings is 1. The molecule has 0 spiro atoms. The fourth-order valence-corrected chi connectivity index (χ4v) is 3.94. The first kappa shape index (κ1) is 18.6.